The van der Waals surface area contributed by atoms with E-state index in [2.05, 4.69) is 4.72 Å². The van der Waals surface area contributed by atoms with E-state index in [1.165, 1.54) is 7.11 Å². The molecule has 0 heterocycles. The summed E-state index contributed by atoms with van der Waals surface area (Å²) in [4.78, 5) is 12.2. The zero-order valence-electron chi connectivity index (χ0n) is 18.9. The highest BCUT2D eigenvalue weighted by Crippen LogP contribution is 2.30. The maximum atomic E-state index is 13.2. The molecule has 3 aromatic carbocycles. The van der Waals surface area contributed by atoms with Crippen molar-refractivity contribution in [2.45, 2.75) is 30.9 Å². The molecular weight excluding hydrogens is 565 g/mol. The van der Waals surface area contributed by atoms with E-state index in [0.717, 1.165) is 11.1 Å². The van der Waals surface area contributed by atoms with Crippen LogP contribution >= 0.6 is 22.6 Å². The van der Waals surface area contributed by atoms with Gasteiger partial charge in [0.05, 0.1) is 24.5 Å². The number of carbonyl (C=O) groups excluding carboxylic acids is 1. The number of benzene rings is 3. The van der Waals surface area contributed by atoms with E-state index in [0.29, 0.717) is 23.5 Å². The number of esters is 1. The number of carbonyl (C=O) groups is 1. The van der Waals surface area contributed by atoms with E-state index in [9.17, 15) is 13.2 Å². The third-order valence-electron chi connectivity index (χ3n) is 5.13. The van der Waals surface area contributed by atoms with Gasteiger partial charge in [0.1, 0.15) is 12.4 Å². The number of aryl methyl sites for hydroxylation is 1. The molecule has 8 heteroatoms. The average Bonchev–Trinajstić information content (AvgIpc) is 2.85. The first-order valence-corrected chi connectivity index (χ1v) is 13.3. The average molecular weight is 591 g/mol. The molecule has 0 radical (unpaired) electrons. The smallest absolute Gasteiger partial charge is 0.309 e. The summed E-state index contributed by atoms with van der Waals surface area (Å²) >= 11 is 2.01. The van der Waals surface area contributed by atoms with Crippen LogP contribution < -0.4 is 9.46 Å². The van der Waals surface area contributed by atoms with E-state index in [-0.39, 0.29) is 11.3 Å². The van der Waals surface area contributed by atoms with E-state index >= 15 is 0 Å². The van der Waals surface area contributed by atoms with Crippen LogP contribution in [0.3, 0.4) is 0 Å². The molecule has 0 aliphatic carbocycles. The highest BCUT2D eigenvalue weighted by Gasteiger charge is 2.26. The van der Waals surface area contributed by atoms with Crippen LogP contribution in [0, 0.1) is 6.92 Å². The Hall–Kier alpha value is -2.69. The minimum atomic E-state index is -3.88. The molecule has 34 heavy (non-hydrogen) atoms. The SMILES string of the molecule is COC(=O)C/C(=C/I)C(NS(=O)(=O)c1ccc(C)cc1)c1cccc(OCc2ccccc2)c1. The first-order valence-electron chi connectivity index (χ1n) is 10.5. The summed E-state index contributed by atoms with van der Waals surface area (Å²) in [5.41, 5.74) is 3.18. The van der Waals surface area contributed by atoms with Crippen molar-refractivity contribution in [3.05, 3.63) is 105 Å². The van der Waals surface area contributed by atoms with Crippen LogP contribution in [0.1, 0.15) is 29.2 Å². The Kier molecular flexibility index (Phi) is 9.26. The molecule has 0 spiro atoms. The number of rotatable bonds is 10. The van der Waals surface area contributed by atoms with Gasteiger partial charge in [-0.1, -0.05) is 82.8 Å². The number of halogens is 1. The lowest BCUT2D eigenvalue weighted by atomic mass is 9.98. The van der Waals surface area contributed by atoms with Crippen LogP contribution in [-0.4, -0.2) is 21.5 Å². The molecule has 0 fully saturated rings. The van der Waals surface area contributed by atoms with Crippen molar-refractivity contribution >= 4 is 38.6 Å². The highest BCUT2D eigenvalue weighted by molar-refractivity contribution is 14.1. The van der Waals surface area contributed by atoms with Crippen LogP contribution in [0.15, 0.2) is 93.4 Å². The summed E-state index contributed by atoms with van der Waals surface area (Å²) < 4.78 is 41.6. The normalized spacial score (nSPS) is 12.7. The monoisotopic (exact) mass is 591 g/mol. The number of ether oxygens (including phenoxy) is 2. The standard InChI is InChI=1S/C26H26INO5S/c1-19-11-13-24(14-12-19)34(30,31)28-26(22(17-27)16-25(29)32-2)21-9-6-10-23(15-21)33-18-20-7-4-3-5-8-20/h3-15,17,26,28H,16,18H2,1-2H3/b22-17-. The fraction of sp³-hybridized carbons (Fsp3) is 0.192. The molecule has 0 aromatic heterocycles. The molecule has 0 aliphatic heterocycles. The van der Waals surface area contributed by atoms with Crippen molar-refractivity contribution < 1.29 is 22.7 Å². The molecule has 0 amide bonds. The molecule has 1 atom stereocenters. The van der Waals surface area contributed by atoms with Crippen molar-refractivity contribution in [1.82, 2.24) is 4.72 Å². The summed E-state index contributed by atoms with van der Waals surface area (Å²) in [7, 11) is -2.57. The predicted molar refractivity (Wildman–Crippen MR) is 140 cm³/mol. The van der Waals surface area contributed by atoms with Crippen molar-refractivity contribution in [2.75, 3.05) is 7.11 Å². The van der Waals surface area contributed by atoms with Gasteiger partial charge in [-0.05, 0) is 52.0 Å². The summed E-state index contributed by atoms with van der Waals surface area (Å²) in [5, 5.41) is 0. The lowest BCUT2D eigenvalue weighted by molar-refractivity contribution is -0.139. The molecule has 178 valence electrons. The van der Waals surface area contributed by atoms with Crippen molar-refractivity contribution in [3.63, 3.8) is 0 Å². The molecule has 0 saturated carbocycles. The minimum Gasteiger partial charge on any atom is -0.489 e. The van der Waals surface area contributed by atoms with Crippen LogP contribution in [-0.2, 0) is 26.2 Å². The van der Waals surface area contributed by atoms with Crippen LogP contribution in [0.4, 0.5) is 0 Å². The molecule has 3 rings (SSSR count). The Bertz CT molecular complexity index is 1240. The van der Waals surface area contributed by atoms with E-state index in [4.69, 9.17) is 9.47 Å². The van der Waals surface area contributed by atoms with Gasteiger partial charge in [0.25, 0.3) is 0 Å². The lowest BCUT2D eigenvalue weighted by Crippen LogP contribution is -2.30. The lowest BCUT2D eigenvalue weighted by Gasteiger charge is -2.22. The Balaban J connectivity index is 1.93. The second-order valence-corrected chi connectivity index (χ2v) is 9.99. The Labute approximate surface area is 214 Å². The molecule has 1 N–H and O–H groups in total. The molecule has 0 aliphatic rings. The summed E-state index contributed by atoms with van der Waals surface area (Å²) in [6.45, 7) is 2.27. The largest absolute Gasteiger partial charge is 0.489 e. The van der Waals surface area contributed by atoms with Gasteiger partial charge in [-0.3, -0.25) is 4.79 Å². The van der Waals surface area contributed by atoms with Gasteiger partial charge in [-0.2, -0.15) is 4.72 Å². The topological polar surface area (TPSA) is 81.7 Å². The minimum absolute atomic E-state index is 0.0599. The van der Waals surface area contributed by atoms with Gasteiger partial charge >= 0.3 is 5.97 Å². The molecule has 1 unspecified atom stereocenters. The summed E-state index contributed by atoms with van der Waals surface area (Å²) in [5.74, 6) is 0.130. The number of hydrogen-bond donors (Lipinski definition) is 1. The second-order valence-electron chi connectivity index (χ2n) is 7.65. The third-order valence-corrected chi connectivity index (χ3v) is 7.37. The Morgan fingerprint density at radius 3 is 2.38 bits per heavy atom. The predicted octanol–water partition coefficient (Wildman–Crippen LogP) is 5.48. The van der Waals surface area contributed by atoms with E-state index < -0.39 is 22.0 Å². The highest BCUT2D eigenvalue weighted by atomic mass is 127. The zero-order chi connectivity index (χ0) is 24.6. The number of sulfonamides is 1. The maximum absolute atomic E-state index is 13.2. The first kappa shape index (κ1) is 25.9. The van der Waals surface area contributed by atoms with Crippen molar-refractivity contribution in [3.8, 4) is 5.75 Å². The third kappa shape index (κ3) is 7.15. The van der Waals surface area contributed by atoms with Gasteiger partial charge in [-0.15, -0.1) is 0 Å². The molecule has 3 aromatic rings. The van der Waals surface area contributed by atoms with Gasteiger partial charge in [0, 0.05) is 0 Å². The maximum Gasteiger partial charge on any atom is 0.309 e. The Morgan fingerprint density at radius 1 is 1.03 bits per heavy atom. The summed E-state index contributed by atoms with van der Waals surface area (Å²) in [6, 6.07) is 22.8. The van der Waals surface area contributed by atoms with Gasteiger partial charge in [-0.25, -0.2) is 8.42 Å². The van der Waals surface area contributed by atoms with Gasteiger partial charge in [0.15, 0.2) is 0 Å². The zero-order valence-corrected chi connectivity index (χ0v) is 21.9. The van der Waals surface area contributed by atoms with E-state index in [1.807, 2.05) is 65.9 Å². The van der Waals surface area contributed by atoms with Crippen LogP contribution in [0.2, 0.25) is 0 Å². The second kappa shape index (κ2) is 12.1. The quantitative estimate of drug-likeness (QED) is 0.250. The van der Waals surface area contributed by atoms with E-state index in [1.54, 1.807) is 46.5 Å². The molecule has 6 nitrogen and oxygen atoms in total. The molecular formula is C26H26INO5S. The number of methoxy groups -OCH3 is 1. The molecule has 0 bridgehead atoms. The first-order chi connectivity index (χ1) is 16.3. The fourth-order valence-electron chi connectivity index (χ4n) is 3.27. The number of nitrogens with one attached hydrogen (secondary N) is 1. The van der Waals surface area contributed by atoms with Crippen molar-refractivity contribution in [2.24, 2.45) is 0 Å². The number of hydrogen-bond acceptors (Lipinski definition) is 5. The van der Waals surface area contributed by atoms with Crippen LogP contribution in [0.5, 0.6) is 5.75 Å². The van der Waals surface area contributed by atoms with Crippen molar-refractivity contribution in [1.29, 1.82) is 0 Å². The van der Waals surface area contributed by atoms with Crippen LogP contribution in [0.25, 0.3) is 0 Å². The fourth-order valence-corrected chi connectivity index (χ4v) is 5.07. The van der Waals surface area contributed by atoms with Gasteiger partial charge < -0.3 is 9.47 Å². The summed E-state index contributed by atoms with van der Waals surface area (Å²) in [6.07, 6.45) is -0.0599. The molecule has 0 saturated heterocycles. The van der Waals surface area contributed by atoms with Gasteiger partial charge in [0.2, 0.25) is 10.0 Å². The Morgan fingerprint density at radius 2 is 1.74 bits per heavy atom.